The highest BCUT2D eigenvalue weighted by molar-refractivity contribution is 7.99. The predicted octanol–water partition coefficient (Wildman–Crippen LogP) is 5.31. The molecule has 0 saturated carbocycles. The topological polar surface area (TPSA) is 12.0 Å². The highest BCUT2D eigenvalue weighted by Crippen LogP contribution is 2.29. The fourth-order valence-corrected chi connectivity index (χ4v) is 3.36. The van der Waals surface area contributed by atoms with E-state index in [1.807, 2.05) is 36.4 Å². The van der Waals surface area contributed by atoms with Gasteiger partial charge in [0, 0.05) is 21.7 Å². The number of rotatable bonds is 7. The van der Waals surface area contributed by atoms with E-state index in [1.165, 1.54) is 17.8 Å². The molecule has 1 atom stereocenters. The average molecular weight is 324 g/mol. The largest absolute Gasteiger partial charge is 0.309 e. The Morgan fingerprint density at radius 3 is 2.57 bits per heavy atom. The summed E-state index contributed by atoms with van der Waals surface area (Å²) in [7, 11) is 0. The van der Waals surface area contributed by atoms with Gasteiger partial charge in [-0.2, -0.15) is 0 Å². The summed E-state index contributed by atoms with van der Waals surface area (Å²) < 4.78 is 13.7. The number of benzene rings is 2. The highest BCUT2D eigenvalue weighted by atomic mass is 35.5. The van der Waals surface area contributed by atoms with Gasteiger partial charge < -0.3 is 5.32 Å². The van der Waals surface area contributed by atoms with Crippen molar-refractivity contribution in [3.63, 3.8) is 0 Å². The van der Waals surface area contributed by atoms with E-state index in [0.717, 1.165) is 29.3 Å². The SMILES string of the molecule is CCCNC(CSc1ccccc1F)c1ccccc1Cl. The van der Waals surface area contributed by atoms with Gasteiger partial charge in [-0.1, -0.05) is 48.9 Å². The van der Waals surface area contributed by atoms with Crippen LogP contribution in [-0.2, 0) is 0 Å². The first kappa shape index (κ1) is 16.3. The van der Waals surface area contributed by atoms with E-state index in [1.54, 1.807) is 6.07 Å². The van der Waals surface area contributed by atoms with Gasteiger partial charge in [-0.3, -0.25) is 0 Å². The molecular formula is C17H19ClFNS. The van der Waals surface area contributed by atoms with Crippen LogP contribution in [0.25, 0.3) is 0 Å². The molecule has 0 spiro atoms. The van der Waals surface area contributed by atoms with Crippen LogP contribution in [0.2, 0.25) is 5.02 Å². The van der Waals surface area contributed by atoms with Gasteiger partial charge in [0.25, 0.3) is 0 Å². The van der Waals surface area contributed by atoms with Gasteiger partial charge in [-0.15, -0.1) is 11.8 Å². The zero-order valence-corrected chi connectivity index (χ0v) is 13.6. The molecule has 1 N–H and O–H groups in total. The number of halogens is 2. The van der Waals surface area contributed by atoms with Crippen LogP contribution in [0.3, 0.4) is 0 Å². The van der Waals surface area contributed by atoms with E-state index >= 15 is 0 Å². The fourth-order valence-electron chi connectivity index (χ4n) is 2.07. The maximum absolute atomic E-state index is 13.7. The third-order valence-corrected chi connectivity index (χ3v) is 4.65. The molecule has 0 amide bonds. The summed E-state index contributed by atoms with van der Waals surface area (Å²) in [6.07, 6.45) is 1.05. The highest BCUT2D eigenvalue weighted by Gasteiger charge is 2.15. The minimum Gasteiger partial charge on any atom is -0.309 e. The molecule has 0 aliphatic rings. The zero-order valence-electron chi connectivity index (χ0n) is 12.0. The molecule has 1 nitrogen and oxygen atoms in total. The zero-order chi connectivity index (χ0) is 15.1. The molecule has 0 heterocycles. The molecule has 0 aliphatic heterocycles. The van der Waals surface area contributed by atoms with Gasteiger partial charge in [0.1, 0.15) is 5.82 Å². The van der Waals surface area contributed by atoms with Crippen LogP contribution in [0.1, 0.15) is 24.9 Å². The van der Waals surface area contributed by atoms with Crippen LogP contribution >= 0.6 is 23.4 Å². The molecule has 0 saturated heterocycles. The summed E-state index contributed by atoms with van der Waals surface area (Å²) in [5.74, 6) is 0.570. The second kappa shape index (κ2) is 8.42. The Labute approximate surface area is 134 Å². The van der Waals surface area contributed by atoms with E-state index in [9.17, 15) is 4.39 Å². The molecule has 0 bridgehead atoms. The van der Waals surface area contributed by atoms with Crippen molar-refractivity contribution in [1.82, 2.24) is 5.32 Å². The molecule has 2 aromatic carbocycles. The van der Waals surface area contributed by atoms with E-state index in [2.05, 4.69) is 12.2 Å². The first-order valence-electron chi connectivity index (χ1n) is 7.07. The van der Waals surface area contributed by atoms with Crippen molar-refractivity contribution in [1.29, 1.82) is 0 Å². The van der Waals surface area contributed by atoms with Gasteiger partial charge in [0.15, 0.2) is 0 Å². The lowest BCUT2D eigenvalue weighted by molar-refractivity contribution is 0.575. The molecular weight excluding hydrogens is 305 g/mol. The molecule has 4 heteroatoms. The first-order chi connectivity index (χ1) is 10.2. The van der Waals surface area contributed by atoms with Crippen molar-refractivity contribution >= 4 is 23.4 Å². The Kier molecular flexibility index (Phi) is 6.55. The quantitative estimate of drug-likeness (QED) is 0.693. The van der Waals surface area contributed by atoms with Crippen molar-refractivity contribution in [3.8, 4) is 0 Å². The number of hydrogen-bond acceptors (Lipinski definition) is 2. The van der Waals surface area contributed by atoms with Crippen LogP contribution < -0.4 is 5.32 Å². The number of thioether (sulfide) groups is 1. The molecule has 0 radical (unpaired) electrons. The summed E-state index contributed by atoms with van der Waals surface area (Å²) in [6.45, 7) is 3.04. The van der Waals surface area contributed by atoms with Crippen molar-refractivity contribution in [2.75, 3.05) is 12.3 Å². The maximum atomic E-state index is 13.7. The Morgan fingerprint density at radius 1 is 1.14 bits per heavy atom. The summed E-state index contributed by atoms with van der Waals surface area (Å²) in [5, 5.41) is 4.24. The van der Waals surface area contributed by atoms with E-state index < -0.39 is 0 Å². The monoisotopic (exact) mass is 323 g/mol. The van der Waals surface area contributed by atoms with Crippen molar-refractivity contribution < 1.29 is 4.39 Å². The minimum atomic E-state index is -0.170. The molecule has 112 valence electrons. The summed E-state index contributed by atoms with van der Waals surface area (Å²) in [5.41, 5.74) is 1.07. The van der Waals surface area contributed by atoms with Crippen molar-refractivity contribution in [3.05, 3.63) is 64.9 Å². The van der Waals surface area contributed by atoms with Crippen LogP contribution in [0.15, 0.2) is 53.4 Å². The lowest BCUT2D eigenvalue weighted by Crippen LogP contribution is -2.24. The Hall–Kier alpha value is -1.03. The molecule has 0 aliphatic carbocycles. The van der Waals surface area contributed by atoms with Crippen LogP contribution in [0, 0.1) is 5.82 Å². The van der Waals surface area contributed by atoms with Gasteiger partial charge in [-0.05, 0) is 36.7 Å². The smallest absolute Gasteiger partial charge is 0.136 e. The normalized spacial score (nSPS) is 12.3. The van der Waals surface area contributed by atoms with E-state index in [-0.39, 0.29) is 11.9 Å². The van der Waals surface area contributed by atoms with E-state index in [4.69, 9.17) is 11.6 Å². The summed E-state index contributed by atoms with van der Waals surface area (Å²) >= 11 is 7.80. The minimum absolute atomic E-state index is 0.114. The number of hydrogen-bond donors (Lipinski definition) is 1. The van der Waals surface area contributed by atoms with Crippen LogP contribution in [0.5, 0.6) is 0 Å². The second-order valence-electron chi connectivity index (χ2n) is 4.77. The maximum Gasteiger partial charge on any atom is 0.136 e. The summed E-state index contributed by atoms with van der Waals surface area (Å²) in [6, 6.07) is 14.8. The average Bonchev–Trinajstić information content (AvgIpc) is 2.50. The Balaban J connectivity index is 2.10. The second-order valence-corrected chi connectivity index (χ2v) is 6.24. The third kappa shape index (κ3) is 4.73. The fraction of sp³-hybridized carbons (Fsp3) is 0.294. The molecule has 2 rings (SSSR count). The van der Waals surface area contributed by atoms with Crippen LogP contribution in [-0.4, -0.2) is 12.3 Å². The van der Waals surface area contributed by atoms with Crippen LogP contribution in [0.4, 0.5) is 4.39 Å². The molecule has 21 heavy (non-hydrogen) atoms. The molecule has 0 aromatic heterocycles. The summed E-state index contributed by atoms with van der Waals surface area (Å²) in [4.78, 5) is 0.674. The van der Waals surface area contributed by atoms with Crippen molar-refractivity contribution in [2.45, 2.75) is 24.3 Å². The van der Waals surface area contributed by atoms with E-state index in [0.29, 0.717) is 4.90 Å². The van der Waals surface area contributed by atoms with Gasteiger partial charge in [0.05, 0.1) is 0 Å². The lowest BCUT2D eigenvalue weighted by atomic mass is 10.1. The standard InChI is InChI=1S/C17H19ClFNS/c1-2-11-20-16(13-7-3-4-8-14(13)18)12-21-17-10-6-5-9-15(17)19/h3-10,16,20H,2,11-12H2,1H3. The van der Waals surface area contributed by atoms with Gasteiger partial charge >= 0.3 is 0 Å². The Morgan fingerprint density at radius 2 is 1.86 bits per heavy atom. The lowest BCUT2D eigenvalue weighted by Gasteiger charge is -2.20. The predicted molar refractivity (Wildman–Crippen MR) is 89.6 cm³/mol. The molecule has 1 unspecified atom stereocenters. The molecule has 2 aromatic rings. The van der Waals surface area contributed by atoms with Gasteiger partial charge in [0.2, 0.25) is 0 Å². The molecule has 0 fully saturated rings. The van der Waals surface area contributed by atoms with Gasteiger partial charge in [-0.25, -0.2) is 4.39 Å². The van der Waals surface area contributed by atoms with Crippen molar-refractivity contribution in [2.24, 2.45) is 0 Å². The number of nitrogens with one attached hydrogen (secondary N) is 1. The third-order valence-electron chi connectivity index (χ3n) is 3.16. The Bertz CT molecular complexity index is 576. The first-order valence-corrected chi connectivity index (χ1v) is 8.44.